The highest BCUT2D eigenvalue weighted by atomic mass is 16.2. The van der Waals surface area contributed by atoms with Crippen molar-refractivity contribution in [1.82, 2.24) is 19.8 Å². The summed E-state index contributed by atoms with van der Waals surface area (Å²) in [6, 6.07) is 6.04. The number of aromatic nitrogens is 2. The number of rotatable bonds is 1. The van der Waals surface area contributed by atoms with Gasteiger partial charge in [-0.3, -0.25) is 4.79 Å². The minimum Gasteiger partial charge on any atom is -0.345 e. The van der Waals surface area contributed by atoms with Gasteiger partial charge in [0.15, 0.2) is 0 Å². The number of carbonyl (C=O) groups excluding carboxylic acids is 1. The smallest absolute Gasteiger partial charge is 0.254 e. The molecule has 1 atom stereocenters. The van der Waals surface area contributed by atoms with Crippen LogP contribution in [0.15, 0.2) is 24.5 Å². The van der Waals surface area contributed by atoms with Gasteiger partial charge in [-0.15, -0.1) is 0 Å². The number of nitrogens with zero attached hydrogens (tertiary/aromatic N) is 3. The number of piperazine rings is 1. The van der Waals surface area contributed by atoms with Gasteiger partial charge in [-0.1, -0.05) is 0 Å². The van der Waals surface area contributed by atoms with Crippen LogP contribution in [-0.4, -0.2) is 58.4 Å². The number of hydrogen-bond donors (Lipinski definition) is 1. The standard InChI is InChI=1S/C14H18N4O/c1-10-8-18(6-5-17(10)2)14(19)11-3-4-12-13(7-11)16-9-15-12/h3-4,7,9-10H,5-6,8H2,1-2H3,(H,15,16). The number of amides is 1. The first-order valence-electron chi connectivity index (χ1n) is 6.58. The second-order valence-corrected chi connectivity index (χ2v) is 5.22. The number of aromatic amines is 1. The first-order valence-corrected chi connectivity index (χ1v) is 6.58. The summed E-state index contributed by atoms with van der Waals surface area (Å²) in [6.45, 7) is 4.66. The van der Waals surface area contributed by atoms with E-state index in [2.05, 4.69) is 28.8 Å². The van der Waals surface area contributed by atoms with E-state index in [1.807, 2.05) is 23.1 Å². The summed E-state index contributed by atoms with van der Waals surface area (Å²) in [7, 11) is 2.10. The fourth-order valence-corrected chi connectivity index (χ4v) is 2.48. The number of fused-ring (bicyclic) bond motifs is 1. The van der Waals surface area contributed by atoms with Crippen molar-refractivity contribution in [3.8, 4) is 0 Å². The van der Waals surface area contributed by atoms with Crippen molar-refractivity contribution in [3.63, 3.8) is 0 Å². The molecule has 0 aliphatic carbocycles. The molecule has 1 aliphatic rings. The zero-order chi connectivity index (χ0) is 13.4. The molecule has 0 saturated carbocycles. The van der Waals surface area contributed by atoms with Gasteiger partial charge in [-0.05, 0) is 32.2 Å². The lowest BCUT2D eigenvalue weighted by Crippen LogP contribution is -2.52. The number of carbonyl (C=O) groups is 1. The molecule has 0 radical (unpaired) electrons. The van der Waals surface area contributed by atoms with Crippen molar-refractivity contribution < 1.29 is 4.79 Å². The second-order valence-electron chi connectivity index (χ2n) is 5.22. The van der Waals surface area contributed by atoms with E-state index in [4.69, 9.17) is 0 Å². The minimum absolute atomic E-state index is 0.108. The predicted octanol–water partition coefficient (Wildman–Crippen LogP) is 1.34. The average Bonchev–Trinajstić information content (AvgIpc) is 2.88. The van der Waals surface area contributed by atoms with Crippen molar-refractivity contribution in [2.75, 3.05) is 26.7 Å². The monoisotopic (exact) mass is 258 g/mol. The van der Waals surface area contributed by atoms with Crippen LogP contribution in [0.2, 0.25) is 0 Å². The summed E-state index contributed by atoms with van der Waals surface area (Å²) in [6.07, 6.45) is 1.65. The van der Waals surface area contributed by atoms with E-state index >= 15 is 0 Å². The third-order valence-corrected chi connectivity index (χ3v) is 3.91. The average molecular weight is 258 g/mol. The van der Waals surface area contributed by atoms with Crippen LogP contribution in [0.25, 0.3) is 11.0 Å². The first kappa shape index (κ1) is 12.2. The molecule has 1 aromatic carbocycles. The van der Waals surface area contributed by atoms with Crippen molar-refractivity contribution in [3.05, 3.63) is 30.1 Å². The summed E-state index contributed by atoms with van der Waals surface area (Å²) < 4.78 is 0. The van der Waals surface area contributed by atoms with Gasteiger partial charge >= 0.3 is 0 Å². The Morgan fingerprint density at radius 1 is 1.42 bits per heavy atom. The highest BCUT2D eigenvalue weighted by Crippen LogP contribution is 2.15. The maximum atomic E-state index is 12.5. The molecule has 1 unspecified atom stereocenters. The molecule has 2 heterocycles. The zero-order valence-electron chi connectivity index (χ0n) is 11.3. The van der Waals surface area contributed by atoms with Crippen LogP contribution in [0.1, 0.15) is 17.3 Å². The summed E-state index contributed by atoms with van der Waals surface area (Å²) in [5.41, 5.74) is 2.53. The molecule has 1 amide bonds. The van der Waals surface area contributed by atoms with Crippen LogP contribution in [0.5, 0.6) is 0 Å². The molecule has 1 saturated heterocycles. The molecule has 0 spiro atoms. The van der Waals surface area contributed by atoms with Crippen LogP contribution in [0.4, 0.5) is 0 Å². The van der Waals surface area contributed by atoms with Gasteiger partial charge in [-0.2, -0.15) is 0 Å². The Kier molecular flexibility index (Phi) is 2.98. The maximum Gasteiger partial charge on any atom is 0.254 e. The van der Waals surface area contributed by atoms with Crippen molar-refractivity contribution >= 4 is 16.9 Å². The Hall–Kier alpha value is -1.88. The summed E-state index contributed by atoms with van der Waals surface area (Å²) in [4.78, 5) is 23.9. The SMILES string of the molecule is CC1CN(C(=O)c2ccc3nc[nH]c3c2)CCN1C. The van der Waals surface area contributed by atoms with E-state index in [-0.39, 0.29) is 5.91 Å². The lowest BCUT2D eigenvalue weighted by atomic mass is 10.1. The molecule has 5 heteroatoms. The van der Waals surface area contributed by atoms with E-state index in [0.717, 1.165) is 36.2 Å². The normalized spacial score (nSPS) is 20.9. The Labute approximate surface area is 112 Å². The lowest BCUT2D eigenvalue weighted by molar-refractivity contribution is 0.0572. The third-order valence-electron chi connectivity index (χ3n) is 3.91. The minimum atomic E-state index is 0.108. The Morgan fingerprint density at radius 3 is 3.05 bits per heavy atom. The number of H-pyrrole nitrogens is 1. The molecule has 0 bridgehead atoms. The van der Waals surface area contributed by atoms with Gasteiger partial charge in [0.25, 0.3) is 5.91 Å². The van der Waals surface area contributed by atoms with Crippen molar-refractivity contribution in [2.24, 2.45) is 0 Å². The number of hydrogen-bond acceptors (Lipinski definition) is 3. The Morgan fingerprint density at radius 2 is 2.26 bits per heavy atom. The molecule has 1 fully saturated rings. The summed E-state index contributed by atoms with van der Waals surface area (Å²) in [5.74, 6) is 0.108. The van der Waals surface area contributed by atoms with Crippen LogP contribution < -0.4 is 0 Å². The second kappa shape index (κ2) is 4.66. The van der Waals surface area contributed by atoms with Gasteiger partial charge in [0, 0.05) is 31.2 Å². The largest absolute Gasteiger partial charge is 0.345 e. The molecule has 2 aromatic rings. The Balaban J connectivity index is 1.83. The number of benzene rings is 1. The highest BCUT2D eigenvalue weighted by molar-refractivity contribution is 5.97. The van der Waals surface area contributed by atoms with Crippen molar-refractivity contribution in [1.29, 1.82) is 0 Å². The maximum absolute atomic E-state index is 12.5. The predicted molar refractivity (Wildman–Crippen MR) is 74.1 cm³/mol. The van der Waals surface area contributed by atoms with Gasteiger partial charge in [0.1, 0.15) is 0 Å². The molecule has 1 N–H and O–H groups in total. The fourth-order valence-electron chi connectivity index (χ4n) is 2.48. The first-order chi connectivity index (χ1) is 9.15. The molecule has 100 valence electrons. The van der Waals surface area contributed by atoms with E-state index < -0.39 is 0 Å². The van der Waals surface area contributed by atoms with Crippen LogP contribution in [-0.2, 0) is 0 Å². The van der Waals surface area contributed by atoms with Crippen LogP contribution in [0.3, 0.4) is 0 Å². The highest BCUT2D eigenvalue weighted by Gasteiger charge is 2.25. The lowest BCUT2D eigenvalue weighted by Gasteiger charge is -2.37. The molecular formula is C14H18N4O. The molecular weight excluding hydrogens is 240 g/mol. The van der Waals surface area contributed by atoms with Gasteiger partial charge < -0.3 is 14.8 Å². The Bertz CT molecular complexity index is 606. The van der Waals surface area contributed by atoms with Gasteiger partial charge in [0.2, 0.25) is 0 Å². The van der Waals surface area contributed by atoms with Crippen LogP contribution in [0, 0.1) is 0 Å². The number of imidazole rings is 1. The molecule has 1 aliphatic heterocycles. The number of nitrogens with one attached hydrogen (secondary N) is 1. The van der Waals surface area contributed by atoms with E-state index in [1.165, 1.54) is 0 Å². The fraction of sp³-hybridized carbons (Fsp3) is 0.429. The third kappa shape index (κ3) is 2.21. The number of likely N-dealkylation sites (N-methyl/N-ethyl adjacent to an activating group) is 1. The molecule has 5 nitrogen and oxygen atoms in total. The zero-order valence-corrected chi connectivity index (χ0v) is 11.3. The summed E-state index contributed by atoms with van der Waals surface area (Å²) in [5, 5.41) is 0. The quantitative estimate of drug-likeness (QED) is 0.839. The molecule has 19 heavy (non-hydrogen) atoms. The van der Waals surface area contributed by atoms with E-state index in [9.17, 15) is 4.79 Å². The van der Waals surface area contributed by atoms with Gasteiger partial charge in [-0.25, -0.2) is 4.98 Å². The topological polar surface area (TPSA) is 52.2 Å². The van der Waals surface area contributed by atoms with E-state index in [1.54, 1.807) is 6.33 Å². The van der Waals surface area contributed by atoms with E-state index in [0.29, 0.717) is 6.04 Å². The van der Waals surface area contributed by atoms with Gasteiger partial charge in [0.05, 0.1) is 17.4 Å². The molecule has 1 aromatic heterocycles. The van der Waals surface area contributed by atoms with Crippen molar-refractivity contribution in [2.45, 2.75) is 13.0 Å². The summed E-state index contributed by atoms with van der Waals surface area (Å²) >= 11 is 0. The molecule has 3 rings (SSSR count). The van der Waals surface area contributed by atoms with Crippen LogP contribution >= 0.6 is 0 Å².